The van der Waals surface area contributed by atoms with Gasteiger partial charge in [0.1, 0.15) is 11.6 Å². The van der Waals surface area contributed by atoms with Crippen LogP contribution in [0, 0.1) is 5.41 Å². The summed E-state index contributed by atoms with van der Waals surface area (Å²) in [5.41, 5.74) is 4.45. The molecule has 6 heterocycles. The van der Waals surface area contributed by atoms with E-state index in [1.54, 1.807) is 12.3 Å². The van der Waals surface area contributed by atoms with Gasteiger partial charge in [-0.15, -0.1) is 0 Å². The highest BCUT2D eigenvalue weighted by molar-refractivity contribution is 7.90. The van der Waals surface area contributed by atoms with Crippen LogP contribution in [0.2, 0.25) is 0 Å². The minimum atomic E-state index is -3.48. The Balaban J connectivity index is 1.13. The zero-order chi connectivity index (χ0) is 32.6. The molecule has 0 bridgehead atoms. The highest BCUT2D eigenvalue weighted by Gasteiger charge is 2.38. The first-order valence-electron chi connectivity index (χ1n) is 16.3. The number of anilines is 3. The van der Waals surface area contributed by atoms with Crippen LogP contribution in [0.25, 0.3) is 22.6 Å². The molecule has 7 rings (SSSR count). The van der Waals surface area contributed by atoms with Crippen LogP contribution >= 0.6 is 0 Å². The van der Waals surface area contributed by atoms with Crippen molar-refractivity contribution in [2.24, 2.45) is 5.41 Å². The molecule has 0 radical (unpaired) electrons. The maximum atomic E-state index is 12.6. The molecular weight excluding hydrogens is 616 g/mol. The predicted molar refractivity (Wildman–Crippen MR) is 181 cm³/mol. The molecule has 47 heavy (non-hydrogen) atoms. The molecule has 2 aliphatic heterocycles. The van der Waals surface area contributed by atoms with E-state index in [1.807, 2.05) is 18.5 Å². The molecule has 0 amide bonds. The van der Waals surface area contributed by atoms with Crippen molar-refractivity contribution in [3.05, 3.63) is 60.8 Å². The van der Waals surface area contributed by atoms with E-state index in [-0.39, 0.29) is 17.3 Å². The van der Waals surface area contributed by atoms with E-state index < -0.39 is 10.0 Å². The van der Waals surface area contributed by atoms with E-state index in [0.717, 1.165) is 79.7 Å². The molecule has 14 heteroatoms. The molecule has 0 spiro atoms. The number of nitrogens with zero attached hydrogens (tertiary/aromatic N) is 9. The van der Waals surface area contributed by atoms with Crippen LogP contribution in [0.5, 0.6) is 0 Å². The third-order valence-corrected chi connectivity index (χ3v) is 11.6. The van der Waals surface area contributed by atoms with E-state index in [2.05, 4.69) is 61.2 Å². The van der Waals surface area contributed by atoms with Gasteiger partial charge in [-0.2, -0.15) is 9.19 Å². The lowest BCUT2D eigenvalue weighted by Gasteiger charge is -2.40. The van der Waals surface area contributed by atoms with Crippen LogP contribution < -0.4 is 10.2 Å². The highest BCUT2D eigenvalue weighted by Crippen LogP contribution is 2.38. The molecular formula is C33H42N10O3S. The van der Waals surface area contributed by atoms with Crippen LogP contribution in [-0.4, -0.2) is 111 Å². The Labute approximate surface area is 275 Å². The van der Waals surface area contributed by atoms with Gasteiger partial charge < -0.3 is 20.2 Å². The summed E-state index contributed by atoms with van der Waals surface area (Å²) in [7, 11) is -1.31. The Morgan fingerprint density at radius 1 is 0.957 bits per heavy atom. The van der Waals surface area contributed by atoms with Crippen molar-refractivity contribution >= 4 is 27.3 Å². The summed E-state index contributed by atoms with van der Waals surface area (Å²) in [6.45, 7) is 9.10. The van der Waals surface area contributed by atoms with Gasteiger partial charge in [0, 0.05) is 82.6 Å². The number of piperazine rings is 1. The van der Waals surface area contributed by atoms with Gasteiger partial charge in [0.2, 0.25) is 0 Å². The van der Waals surface area contributed by atoms with Gasteiger partial charge in [0.25, 0.3) is 10.0 Å². The third-order valence-electron chi connectivity index (χ3n) is 9.61. The lowest BCUT2D eigenvalue weighted by molar-refractivity contribution is 0.115. The van der Waals surface area contributed by atoms with Gasteiger partial charge >= 0.3 is 0 Å². The van der Waals surface area contributed by atoms with Crippen LogP contribution in [0.15, 0.2) is 55.2 Å². The second-order valence-corrected chi connectivity index (χ2v) is 15.5. The highest BCUT2D eigenvalue weighted by atomic mass is 32.2. The maximum absolute atomic E-state index is 12.6. The fraction of sp³-hybridized carbons (Fsp3) is 0.485. The molecule has 3 aliphatic rings. The Hall–Kier alpha value is -3.98. The lowest BCUT2D eigenvalue weighted by atomic mass is 9.81. The summed E-state index contributed by atoms with van der Waals surface area (Å²) in [6, 6.07) is 8.02. The average molecular weight is 659 g/mol. The minimum absolute atomic E-state index is 0.0862. The number of likely N-dealkylation sites (N-methyl/N-ethyl adjacent to an activating group) is 1. The first kappa shape index (κ1) is 31.6. The summed E-state index contributed by atoms with van der Waals surface area (Å²) >= 11 is 0. The van der Waals surface area contributed by atoms with Crippen molar-refractivity contribution in [1.82, 2.24) is 38.9 Å². The van der Waals surface area contributed by atoms with Crippen molar-refractivity contribution in [2.45, 2.75) is 44.4 Å². The van der Waals surface area contributed by atoms with E-state index >= 15 is 0 Å². The number of hydrogen-bond acceptors (Lipinski definition) is 12. The molecule has 1 saturated carbocycles. The first-order chi connectivity index (χ1) is 22.7. The summed E-state index contributed by atoms with van der Waals surface area (Å²) in [5.74, 6) is 1.50. The standard InChI is InChI=1S/C33H42N10O3S/c1-33(23-44)8-11-42(12-9-33)29-17-31(36-20-27(29)28-6-3-24(18-35-28)21-41-15-13-40(2)14-16-41)38-30-7-10-34-32(39-30)25-19-37-43(22-25)47(45,46)26-4-5-26/h3,6-7,10,17-20,22,26,44H,4-5,8-9,11-16,21,23H2,1-2H3,(H,34,36,38,39). The Morgan fingerprint density at radius 2 is 1.74 bits per heavy atom. The topological polar surface area (TPSA) is 146 Å². The molecule has 13 nitrogen and oxygen atoms in total. The molecule has 2 saturated heterocycles. The molecule has 0 aromatic carbocycles. The van der Waals surface area contributed by atoms with Crippen molar-refractivity contribution < 1.29 is 13.5 Å². The largest absolute Gasteiger partial charge is 0.396 e. The zero-order valence-electron chi connectivity index (χ0n) is 27.0. The minimum Gasteiger partial charge on any atom is -0.396 e. The lowest BCUT2D eigenvalue weighted by Crippen LogP contribution is -2.43. The third kappa shape index (κ3) is 7.00. The quantitative estimate of drug-likeness (QED) is 0.258. The molecule has 2 N–H and O–H groups in total. The smallest absolute Gasteiger partial charge is 0.256 e. The Morgan fingerprint density at radius 3 is 2.45 bits per heavy atom. The monoisotopic (exact) mass is 658 g/mol. The number of piperidine rings is 1. The van der Waals surface area contributed by atoms with Gasteiger partial charge in [-0.3, -0.25) is 9.88 Å². The fourth-order valence-electron chi connectivity index (χ4n) is 6.14. The number of rotatable bonds is 10. The van der Waals surface area contributed by atoms with E-state index in [1.165, 1.54) is 18.0 Å². The van der Waals surface area contributed by atoms with Crippen LogP contribution in [0.3, 0.4) is 0 Å². The number of pyridine rings is 2. The van der Waals surface area contributed by atoms with Crippen molar-refractivity contribution in [2.75, 3.05) is 63.1 Å². The van der Waals surface area contributed by atoms with E-state index in [0.29, 0.717) is 35.9 Å². The number of hydrogen-bond donors (Lipinski definition) is 2. The second kappa shape index (κ2) is 12.9. The normalized spacial score (nSPS) is 19.2. The molecule has 0 unspecified atom stereocenters. The number of aliphatic hydroxyl groups excluding tert-OH is 1. The van der Waals surface area contributed by atoms with Gasteiger partial charge in [-0.05, 0) is 55.8 Å². The van der Waals surface area contributed by atoms with E-state index in [4.69, 9.17) is 9.97 Å². The second-order valence-electron chi connectivity index (χ2n) is 13.4. The van der Waals surface area contributed by atoms with Crippen LogP contribution in [-0.2, 0) is 16.6 Å². The fourth-order valence-corrected chi connectivity index (χ4v) is 7.61. The number of aromatic nitrogens is 6. The Kier molecular flexibility index (Phi) is 8.68. The van der Waals surface area contributed by atoms with Crippen LogP contribution in [0.1, 0.15) is 38.2 Å². The summed E-state index contributed by atoms with van der Waals surface area (Å²) < 4.78 is 26.3. The van der Waals surface area contributed by atoms with Crippen LogP contribution in [0.4, 0.5) is 17.3 Å². The van der Waals surface area contributed by atoms with Gasteiger partial charge in [0.15, 0.2) is 5.82 Å². The average Bonchev–Trinajstić information content (AvgIpc) is 3.84. The molecule has 3 fully saturated rings. The summed E-state index contributed by atoms with van der Waals surface area (Å²) in [5, 5.41) is 17.0. The van der Waals surface area contributed by atoms with Gasteiger partial charge in [-0.25, -0.2) is 23.4 Å². The number of nitrogens with one attached hydrogen (secondary N) is 1. The maximum Gasteiger partial charge on any atom is 0.256 e. The molecule has 0 atom stereocenters. The molecule has 4 aromatic rings. The van der Waals surface area contributed by atoms with Gasteiger partial charge in [-0.1, -0.05) is 13.0 Å². The first-order valence-corrected chi connectivity index (χ1v) is 17.8. The van der Waals surface area contributed by atoms with E-state index in [9.17, 15) is 13.5 Å². The van der Waals surface area contributed by atoms with Gasteiger partial charge in [0.05, 0.1) is 34.6 Å². The molecule has 1 aliphatic carbocycles. The summed E-state index contributed by atoms with van der Waals surface area (Å²) in [4.78, 5) is 25.8. The number of aliphatic hydroxyl groups is 1. The van der Waals surface area contributed by atoms with Crippen molar-refractivity contribution in [1.29, 1.82) is 0 Å². The van der Waals surface area contributed by atoms with Crippen molar-refractivity contribution in [3.8, 4) is 22.6 Å². The predicted octanol–water partition coefficient (Wildman–Crippen LogP) is 3.23. The summed E-state index contributed by atoms with van der Waals surface area (Å²) in [6.07, 6.45) is 11.5. The SMILES string of the molecule is CN1CCN(Cc2ccc(-c3cnc(Nc4ccnc(-c5cnn(S(=O)(=O)C6CC6)c5)n4)cc3N3CCC(C)(CO)CC3)nc2)CC1. The van der Waals surface area contributed by atoms with Crippen molar-refractivity contribution in [3.63, 3.8) is 0 Å². The molecule has 4 aromatic heterocycles. The molecule has 248 valence electrons. The Bertz CT molecular complexity index is 1810. The zero-order valence-corrected chi connectivity index (χ0v) is 27.8.